The number of rotatable bonds is 3. The van der Waals surface area contributed by atoms with E-state index in [4.69, 9.17) is 10.5 Å². The lowest BCUT2D eigenvalue weighted by atomic mass is 10.0. The third kappa shape index (κ3) is 2.99. The van der Waals surface area contributed by atoms with Gasteiger partial charge in [0.15, 0.2) is 6.10 Å². The summed E-state index contributed by atoms with van der Waals surface area (Å²) < 4.78 is 18.9. The molecular formula is C18H19FN2O2. The van der Waals surface area contributed by atoms with Crippen molar-refractivity contribution in [2.75, 3.05) is 10.6 Å². The Morgan fingerprint density at radius 3 is 2.57 bits per heavy atom. The summed E-state index contributed by atoms with van der Waals surface area (Å²) in [4.78, 5) is 14.5. The minimum Gasteiger partial charge on any atom is -0.478 e. The molecule has 0 saturated heterocycles. The Balaban J connectivity index is 2.00. The number of nitrogens with two attached hydrogens (primary N) is 1. The van der Waals surface area contributed by atoms with Crippen LogP contribution in [-0.4, -0.2) is 12.0 Å². The zero-order chi connectivity index (χ0) is 16.6. The van der Waals surface area contributed by atoms with Crippen molar-refractivity contribution in [3.63, 3.8) is 0 Å². The summed E-state index contributed by atoms with van der Waals surface area (Å²) >= 11 is 0. The van der Waals surface area contributed by atoms with Gasteiger partial charge in [0.05, 0.1) is 12.2 Å². The van der Waals surface area contributed by atoms with E-state index in [0.29, 0.717) is 23.7 Å². The first-order valence-electron chi connectivity index (χ1n) is 7.57. The summed E-state index contributed by atoms with van der Waals surface area (Å²) in [6, 6.07) is 11.4. The van der Waals surface area contributed by atoms with E-state index in [0.717, 1.165) is 5.56 Å². The van der Waals surface area contributed by atoms with Crippen molar-refractivity contribution in [1.82, 2.24) is 0 Å². The highest BCUT2D eigenvalue weighted by atomic mass is 19.1. The summed E-state index contributed by atoms with van der Waals surface area (Å²) in [5.41, 5.74) is 7.91. The van der Waals surface area contributed by atoms with Gasteiger partial charge in [0, 0.05) is 5.69 Å². The minimum atomic E-state index is -0.536. The van der Waals surface area contributed by atoms with Gasteiger partial charge in [-0.05, 0) is 41.8 Å². The molecule has 1 atom stereocenters. The van der Waals surface area contributed by atoms with Crippen LogP contribution in [0.4, 0.5) is 15.8 Å². The maximum absolute atomic E-state index is 13.1. The average molecular weight is 314 g/mol. The monoisotopic (exact) mass is 314 g/mol. The van der Waals surface area contributed by atoms with E-state index in [1.54, 1.807) is 35.2 Å². The standard InChI is InChI=1S/C18H19FN2O2/c1-11(2)17-18(22)21(10-12-3-5-13(19)6-4-12)15-9-14(20)7-8-16(15)23-17/h3-9,11,17H,10,20H2,1-2H3/t17-/m0/s1. The number of nitrogen functional groups attached to an aromatic ring is 1. The molecule has 0 radical (unpaired) electrons. The molecule has 120 valence electrons. The first-order valence-corrected chi connectivity index (χ1v) is 7.57. The van der Waals surface area contributed by atoms with Gasteiger partial charge in [0.25, 0.3) is 5.91 Å². The second kappa shape index (κ2) is 5.91. The van der Waals surface area contributed by atoms with Crippen LogP contribution in [0.5, 0.6) is 5.75 Å². The Labute approximate surface area is 134 Å². The normalized spacial score (nSPS) is 17.1. The topological polar surface area (TPSA) is 55.6 Å². The number of nitrogens with zero attached hydrogens (tertiary/aromatic N) is 1. The number of benzene rings is 2. The molecular weight excluding hydrogens is 295 g/mol. The molecule has 0 saturated carbocycles. The number of halogens is 1. The van der Waals surface area contributed by atoms with Crippen LogP contribution >= 0.6 is 0 Å². The summed E-state index contributed by atoms with van der Waals surface area (Å²) in [5, 5.41) is 0. The van der Waals surface area contributed by atoms with E-state index in [1.165, 1.54) is 12.1 Å². The van der Waals surface area contributed by atoms with E-state index in [-0.39, 0.29) is 17.6 Å². The molecule has 1 heterocycles. The SMILES string of the molecule is CC(C)[C@@H]1Oc2ccc(N)cc2N(Cc2ccc(F)cc2)C1=O. The molecule has 0 fully saturated rings. The smallest absolute Gasteiger partial charge is 0.268 e. The third-order valence-electron chi connectivity index (χ3n) is 3.90. The van der Waals surface area contributed by atoms with Crippen molar-refractivity contribution in [3.05, 3.63) is 53.8 Å². The van der Waals surface area contributed by atoms with Crippen molar-refractivity contribution < 1.29 is 13.9 Å². The maximum Gasteiger partial charge on any atom is 0.268 e. The lowest BCUT2D eigenvalue weighted by Gasteiger charge is -2.36. The Hall–Kier alpha value is -2.56. The van der Waals surface area contributed by atoms with Gasteiger partial charge in [-0.25, -0.2) is 4.39 Å². The van der Waals surface area contributed by atoms with Gasteiger partial charge in [0.1, 0.15) is 11.6 Å². The number of ether oxygens (including phenoxy) is 1. The largest absolute Gasteiger partial charge is 0.478 e. The first kappa shape index (κ1) is 15.3. The van der Waals surface area contributed by atoms with Crippen LogP contribution in [0.3, 0.4) is 0 Å². The summed E-state index contributed by atoms with van der Waals surface area (Å²) in [5.74, 6) is 0.276. The average Bonchev–Trinajstić information content (AvgIpc) is 2.51. The minimum absolute atomic E-state index is 0.0453. The van der Waals surface area contributed by atoms with Gasteiger partial charge in [-0.15, -0.1) is 0 Å². The molecule has 0 aromatic heterocycles. The molecule has 1 aliphatic heterocycles. The lowest BCUT2D eigenvalue weighted by molar-refractivity contribution is -0.128. The second-order valence-electron chi connectivity index (χ2n) is 6.06. The molecule has 0 unspecified atom stereocenters. The Bertz CT molecular complexity index is 728. The fourth-order valence-electron chi connectivity index (χ4n) is 2.66. The van der Waals surface area contributed by atoms with Crippen LogP contribution in [0, 0.1) is 11.7 Å². The fraction of sp³-hybridized carbons (Fsp3) is 0.278. The van der Waals surface area contributed by atoms with E-state index in [9.17, 15) is 9.18 Å². The van der Waals surface area contributed by atoms with Crippen molar-refractivity contribution in [1.29, 1.82) is 0 Å². The molecule has 2 aromatic rings. The van der Waals surface area contributed by atoms with Crippen LogP contribution in [0.25, 0.3) is 0 Å². The van der Waals surface area contributed by atoms with Crippen LogP contribution in [-0.2, 0) is 11.3 Å². The predicted molar refractivity (Wildman–Crippen MR) is 87.7 cm³/mol. The molecule has 5 heteroatoms. The Morgan fingerprint density at radius 2 is 1.91 bits per heavy atom. The number of hydrogen-bond acceptors (Lipinski definition) is 3. The van der Waals surface area contributed by atoms with Crippen LogP contribution < -0.4 is 15.4 Å². The van der Waals surface area contributed by atoms with E-state index in [1.807, 2.05) is 13.8 Å². The number of carbonyl (C=O) groups is 1. The molecule has 0 aliphatic carbocycles. The molecule has 1 aliphatic rings. The zero-order valence-corrected chi connectivity index (χ0v) is 13.1. The van der Waals surface area contributed by atoms with Crippen molar-refractivity contribution in [2.24, 2.45) is 5.92 Å². The van der Waals surface area contributed by atoms with Gasteiger partial charge in [-0.3, -0.25) is 4.79 Å². The van der Waals surface area contributed by atoms with Gasteiger partial charge in [-0.1, -0.05) is 26.0 Å². The van der Waals surface area contributed by atoms with Gasteiger partial charge < -0.3 is 15.4 Å². The highest BCUT2D eigenvalue weighted by Gasteiger charge is 2.36. The Kier molecular flexibility index (Phi) is 3.94. The van der Waals surface area contributed by atoms with E-state index in [2.05, 4.69) is 0 Å². The van der Waals surface area contributed by atoms with Gasteiger partial charge in [-0.2, -0.15) is 0 Å². The van der Waals surface area contributed by atoms with Crippen molar-refractivity contribution in [2.45, 2.75) is 26.5 Å². The molecule has 0 spiro atoms. The third-order valence-corrected chi connectivity index (χ3v) is 3.90. The van der Waals surface area contributed by atoms with Crippen molar-refractivity contribution >= 4 is 17.3 Å². The number of amides is 1. The zero-order valence-electron chi connectivity index (χ0n) is 13.1. The molecule has 2 aromatic carbocycles. The molecule has 4 nitrogen and oxygen atoms in total. The Morgan fingerprint density at radius 1 is 1.22 bits per heavy atom. The fourth-order valence-corrected chi connectivity index (χ4v) is 2.66. The predicted octanol–water partition coefficient (Wildman–Crippen LogP) is 3.36. The van der Waals surface area contributed by atoms with Crippen LogP contribution in [0.15, 0.2) is 42.5 Å². The van der Waals surface area contributed by atoms with Crippen molar-refractivity contribution in [3.8, 4) is 5.75 Å². The second-order valence-corrected chi connectivity index (χ2v) is 6.06. The van der Waals surface area contributed by atoms with Gasteiger partial charge in [0.2, 0.25) is 0 Å². The highest BCUT2D eigenvalue weighted by Crippen LogP contribution is 2.38. The first-order chi connectivity index (χ1) is 11.0. The summed E-state index contributed by atoms with van der Waals surface area (Å²) in [6.45, 7) is 4.24. The molecule has 1 amide bonds. The maximum atomic E-state index is 13.1. The molecule has 2 N–H and O–H groups in total. The van der Waals surface area contributed by atoms with E-state index < -0.39 is 6.10 Å². The molecule has 0 bridgehead atoms. The number of fused-ring (bicyclic) bond motifs is 1. The number of anilines is 2. The quantitative estimate of drug-likeness (QED) is 0.884. The van der Waals surface area contributed by atoms with Gasteiger partial charge >= 0.3 is 0 Å². The van der Waals surface area contributed by atoms with Crippen LogP contribution in [0.2, 0.25) is 0 Å². The lowest BCUT2D eigenvalue weighted by Crippen LogP contribution is -2.48. The van der Waals surface area contributed by atoms with E-state index >= 15 is 0 Å². The summed E-state index contributed by atoms with van der Waals surface area (Å²) in [6.07, 6.45) is -0.536. The number of carbonyl (C=O) groups excluding carboxylic acids is 1. The van der Waals surface area contributed by atoms with Crippen LogP contribution in [0.1, 0.15) is 19.4 Å². The molecule has 23 heavy (non-hydrogen) atoms. The summed E-state index contributed by atoms with van der Waals surface area (Å²) in [7, 11) is 0. The number of hydrogen-bond donors (Lipinski definition) is 1. The highest BCUT2D eigenvalue weighted by molar-refractivity contribution is 6.00. The molecule has 3 rings (SSSR count).